The third-order valence-corrected chi connectivity index (χ3v) is 7.93. The van der Waals surface area contributed by atoms with Gasteiger partial charge in [-0.25, -0.2) is 0 Å². The van der Waals surface area contributed by atoms with Crippen LogP contribution in [0.4, 0.5) is 0 Å². The smallest absolute Gasteiger partial charge is 0.240 e. The van der Waals surface area contributed by atoms with Crippen LogP contribution in [0.3, 0.4) is 0 Å². The van der Waals surface area contributed by atoms with Crippen LogP contribution in [0.25, 0.3) is 0 Å². The fraction of sp³-hybridized carbons (Fsp3) is 0.739. The minimum Gasteiger partial charge on any atom is -0.391 e. The van der Waals surface area contributed by atoms with Gasteiger partial charge in [0.1, 0.15) is 5.54 Å². The summed E-state index contributed by atoms with van der Waals surface area (Å²) in [7, 11) is 0. The Kier molecular flexibility index (Phi) is 5.13. The number of carbonyl (C=O) groups is 1. The summed E-state index contributed by atoms with van der Waals surface area (Å²) in [6, 6.07) is 6.11. The van der Waals surface area contributed by atoms with E-state index in [1.165, 1.54) is 0 Å². The molecule has 0 unspecified atom stereocenters. The van der Waals surface area contributed by atoms with Gasteiger partial charge in [0.05, 0.1) is 17.8 Å². The lowest BCUT2D eigenvalue weighted by atomic mass is 9.77. The molecule has 6 nitrogen and oxygen atoms in total. The molecule has 4 atom stereocenters. The van der Waals surface area contributed by atoms with Gasteiger partial charge in [-0.1, -0.05) is 6.07 Å². The van der Waals surface area contributed by atoms with Gasteiger partial charge >= 0.3 is 0 Å². The number of amides is 1. The molecule has 1 saturated carbocycles. The van der Waals surface area contributed by atoms with Crippen molar-refractivity contribution >= 4 is 5.91 Å². The summed E-state index contributed by atoms with van der Waals surface area (Å²) in [5.41, 5.74) is 1.90. The number of hydrogen-bond acceptors (Lipinski definition) is 5. The number of pyridine rings is 1. The van der Waals surface area contributed by atoms with E-state index >= 15 is 0 Å². The van der Waals surface area contributed by atoms with Crippen molar-refractivity contribution in [2.45, 2.75) is 69.7 Å². The average molecular weight is 399 g/mol. The summed E-state index contributed by atoms with van der Waals surface area (Å²) in [6.07, 6.45) is 5.45. The standard InChI is InChI=1S/C23H34N4O2/c1-16-5-2-6-19(24-16)15-26-13-17-11-20(21(28)12-18(17)14-26)25-22(29)23-7-3-9-27(23)10-4-8-23/h2,5-6,17-18,20-21,28H,3-4,7-15H2,1H3,(H,25,29)/t17-,18+,20-,21-/m0/s1. The van der Waals surface area contributed by atoms with E-state index in [2.05, 4.69) is 32.2 Å². The maximum absolute atomic E-state index is 13.2. The molecule has 1 aromatic heterocycles. The summed E-state index contributed by atoms with van der Waals surface area (Å²) in [5.74, 6) is 1.25. The highest BCUT2D eigenvalue weighted by atomic mass is 16.3. The van der Waals surface area contributed by atoms with Crippen LogP contribution >= 0.6 is 0 Å². The van der Waals surface area contributed by atoms with Crippen molar-refractivity contribution in [2.24, 2.45) is 11.8 Å². The third-order valence-electron chi connectivity index (χ3n) is 7.93. The number of likely N-dealkylation sites (tertiary alicyclic amines) is 1. The summed E-state index contributed by atoms with van der Waals surface area (Å²) in [6.45, 7) is 7.07. The van der Waals surface area contributed by atoms with Gasteiger partial charge in [-0.2, -0.15) is 0 Å². The van der Waals surface area contributed by atoms with Gasteiger partial charge in [0.25, 0.3) is 0 Å². The number of nitrogens with one attached hydrogen (secondary N) is 1. The normalized spacial score (nSPS) is 34.1. The fourth-order valence-corrected chi connectivity index (χ4v) is 6.51. The molecule has 0 radical (unpaired) electrons. The van der Waals surface area contributed by atoms with Crippen LogP contribution < -0.4 is 5.32 Å². The Balaban J connectivity index is 1.21. The molecule has 1 aliphatic carbocycles. The van der Waals surface area contributed by atoms with Crippen LogP contribution in [0, 0.1) is 18.8 Å². The molecule has 4 fully saturated rings. The highest BCUT2D eigenvalue weighted by Crippen LogP contribution is 2.41. The van der Waals surface area contributed by atoms with E-state index < -0.39 is 6.10 Å². The molecular formula is C23H34N4O2. The minimum absolute atomic E-state index is 0.0989. The first-order valence-electron chi connectivity index (χ1n) is 11.4. The van der Waals surface area contributed by atoms with Crippen molar-refractivity contribution in [1.29, 1.82) is 0 Å². The van der Waals surface area contributed by atoms with Crippen molar-refractivity contribution in [3.8, 4) is 0 Å². The van der Waals surface area contributed by atoms with Gasteiger partial charge in [0, 0.05) is 25.3 Å². The zero-order chi connectivity index (χ0) is 20.0. The number of aliphatic hydroxyl groups excluding tert-OH is 1. The monoisotopic (exact) mass is 398 g/mol. The summed E-state index contributed by atoms with van der Waals surface area (Å²) >= 11 is 0. The highest BCUT2D eigenvalue weighted by Gasteiger charge is 2.51. The first kappa shape index (κ1) is 19.5. The Labute approximate surface area is 173 Å². The molecule has 6 heteroatoms. The second-order valence-corrected chi connectivity index (χ2v) is 9.83. The molecular weight excluding hydrogens is 364 g/mol. The van der Waals surface area contributed by atoms with E-state index in [4.69, 9.17) is 0 Å². The molecule has 2 N–H and O–H groups in total. The number of aryl methyl sites for hydroxylation is 1. The molecule has 1 amide bonds. The molecule has 4 aliphatic rings. The van der Waals surface area contributed by atoms with Crippen LogP contribution in [0.5, 0.6) is 0 Å². The molecule has 3 aliphatic heterocycles. The van der Waals surface area contributed by atoms with Crippen LogP contribution in [-0.4, -0.2) is 69.7 Å². The Morgan fingerprint density at radius 1 is 1.21 bits per heavy atom. The largest absolute Gasteiger partial charge is 0.391 e. The van der Waals surface area contributed by atoms with Crippen LogP contribution in [0.15, 0.2) is 18.2 Å². The second kappa shape index (κ2) is 7.64. The molecule has 3 saturated heterocycles. The van der Waals surface area contributed by atoms with E-state index in [1.807, 2.05) is 13.0 Å². The van der Waals surface area contributed by atoms with Gasteiger partial charge in [-0.3, -0.25) is 19.6 Å². The first-order chi connectivity index (χ1) is 14.0. The zero-order valence-electron chi connectivity index (χ0n) is 17.5. The van der Waals surface area contributed by atoms with E-state index in [1.54, 1.807) is 0 Å². The molecule has 1 aromatic rings. The highest BCUT2D eigenvalue weighted by molar-refractivity contribution is 5.87. The lowest BCUT2D eigenvalue weighted by molar-refractivity contribution is -0.132. The predicted molar refractivity (Wildman–Crippen MR) is 111 cm³/mol. The van der Waals surface area contributed by atoms with Crippen molar-refractivity contribution in [3.05, 3.63) is 29.6 Å². The summed E-state index contributed by atoms with van der Waals surface area (Å²) < 4.78 is 0. The van der Waals surface area contributed by atoms with E-state index in [9.17, 15) is 9.90 Å². The van der Waals surface area contributed by atoms with Crippen LogP contribution in [0.2, 0.25) is 0 Å². The molecule has 158 valence electrons. The first-order valence-corrected chi connectivity index (χ1v) is 11.4. The van der Waals surface area contributed by atoms with E-state index in [0.717, 1.165) is 82.6 Å². The maximum Gasteiger partial charge on any atom is 0.240 e. The Bertz CT molecular complexity index is 759. The van der Waals surface area contributed by atoms with Gasteiger partial charge in [0.2, 0.25) is 5.91 Å². The molecule has 5 rings (SSSR count). The van der Waals surface area contributed by atoms with E-state index in [0.29, 0.717) is 11.8 Å². The van der Waals surface area contributed by atoms with Crippen molar-refractivity contribution in [2.75, 3.05) is 26.2 Å². The Morgan fingerprint density at radius 2 is 1.93 bits per heavy atom. The van der Waals surface area contributed by atoms with Crippen molar-refractivity contribution in [3.63, 3.8) is 0 Å². The number of aromatic nitrogens is 1. The molecule has 29 heavy (non-hydrogen) atoms. The molecule has 0 bridgehead atoms. The number of fused-ring (bicyclic) bond motifs is 2. The van der Waals surface area contributed by atoms with Gasteiger partial charge < -0.3 is 10.4 Å². The molecule has 0 aromatic carbocycles. The number of carbonyl (C=O) groups excluding carboxylic acids is 1. The van der Waals surface area contributed by atoms with Crippen molar-refractivity contribution in [1.82, 2.24) is 20.1 Å². The number of hydrogen-bond donors (Lipinski definition) is 2. The quantitative estimate of drug-likeness (QED) is 0.808. The van der Waals surface area contributed by atoms with Gasteiger partial charge in [0.15, 0.2) is 0 Å². The van der Waals surface area contributed by atoms with Gasteiger partial charge in [-0.15, -0.1) is 0 Å². The second-order valence-electron chi connectivity index (χ2n) is 9.83. The van der Waals surface area contributed by atoms with Crippen LogP contribution in [0.1, 0.15) is 49.9 Å². The number of rotatable bonds is 4. The lowest BCUT2D eigenvalue weighted by Gasteiger charge is -2.38. The Hall–Kier alpha value is -1.50. The predicted octanol–water partition coefficient (Wildman–Crippen LogP) is 1.71. The van der Waals surface area contributed by atoms with Gasteiger partial charge in [-0.05, 0) is 82.5 Å². The zero-order valence-corrected chi connectivity index (χ0v) is 17.5. The SMILES string of the molecule is Cc1cccc(CN2C[C@H]3C[C@H](O)[C@@H](NC(=O)C45CCCN4CCC5)C[C@H]3C2)n1. The average Bonchev–Trinajstić information content (AvgIpc) is 3.35. The fourth-order valence-electron chi connectivity index (χ4n) is 6.51. The summed E-state index contributed by atoms with van der Waals surface area (Å²) in [4.78, 5) is 22.7. The molecule has 0 spiro atoms. The van der Waals surface area contributed by atoms with Crippen molar-refractivity contribution < 1.29 is 9.90 Å². The lowest BCUT2D eigenvalue weighted by Crippen LogP contribution is -2.58. The van der Waals surface area contributed by atoms with Crippen LogP contribution in [-0.2, 0) is 11.3 Å². The third kappa shape index (κ3) is 3.60. The Morgan fingerprint density at radius 3 is 2.66 bits per heavy atom. The summed E-state index contributed by atoms with van der Waals surface area (Å²) in [5, 5.41) is 14.1. The topological polar surface area (TPSA) is 68.7 Å². The maximum atomic E-state index is 13.2. The minimum atomic E-state index is -0.426. The number of aliphatic hydroxyl groups is 1. The number of nitrogens with zero attached hydrogens (tertiary/aromatic N) is 3. The molecule has 4 heterocycles. The van der Waals surface area contributed by atoms with E-state index in [-0.39, 0.29) is 17.5 Å².